The number of hydrogen-bond donors (Lipinski definition) is 2. The maximum atomic E-state index is 12.7. The molecule has 1 aliphatic rings. The number of benzene rings is 1. The largest absolute Gasteiger partial charge is 0.354 e. The van der Waals surface area contributed by atoms with Crippen molar-refractivity contribution in [1.82, 2.24) is 10.6 Å². The third-order valence-electron chi connectivity index (χ3n) is 4.31. The molecule has 1 atom stereocenters. The number of carbonyl (C=O) groups is 2. The number of hydrogen-bond acceptors (Lipinski definition) is 2. The molecule has 0 spiro atoms. The van der Waals surface area contributed by atoms with Crippen molar-refractivity contribution in [1.29, 1.82) is 0 Å². The summed E-state index contributed by atoms with van der Waals surface area (Å²) in [7, 11) is 0. The van der Waals surface area contributed by atoms with E-state index in [4.69, 9.17) is 11.6 Å². The van der Waals surface area contributed by atoms with Crippen molar-refractivity contribution in [3.8, 4) is 0 Å². The predicted octanol–water partition coefficient (Wildman–Crippen LogP) is 2.79. The molecule has 2 amide bonds. The van der Waals surface area contributed by atoms with E-state index in [2.05, 4.69) is 10.6 Å². The average Bonchev–Trinajstić information content (AvgIpc) is 2.43. The lowest BCUT2D eigenvalue weighted by Crippen LogP contribution is -2.54. The Kier molecular flexibility index (Phi) is 5.46. The highest BCUT2D eigenvalue weighted by molar-refractivity contribution is 6.30. The van der Waals surface area contributed by atoms with Gasteiger partial charge in [0.25, 0.3) is 0 Å². The second-order valence-electron chi connectivity index (χ2n) is 5.93. The standard InChI is InChI=1S/C17H23ClN2O2/c1-3-10-19-15(21)12(2)20-16(22)17(8-5-9-17)13-6-4-7-14(18)11-13/h4,6-7,11-12H,3,5,8-10H2,1-2H3,(H,19,21)(H,20,22). The van der Waals surface area contributed by atoms with E-state index in [1.54, 1.807) is 13.0 Å². The minimum Gasteiger partial charge on any atom is -0.354 e. The Morgan fingerprint density at radius 2 is 2.09 bits per heavy atom. The third-order valence-corrected chi connectivity index (χ3v) is 4.54. The van der Waals surface area contributed by atoms with Gasteiger partial charge in [0.1, 0.15) is 6.04 Å². The Morgan fingerprint density at radius 3 is 2.64 bits per heavy atom. The van der Waals surface area contributed by atoms with E-state index in [1.165, 1.54) is 0 Å². The van der Waals surface area contributed by atoms with Gasteiger partial charge in [-0.15, -0.1) is 0 Å². The molecule has 0 aromatic heterocycles. The van der Waals surface area contributed by atoms with Gasteiger partial charge < -0.3 is 10.6 Å². The van der Waals surface area contributed by atoms with Gasteiger partial charge in [0.05, 0.1) is 5.41 Å². The molecule has 1 aromatic carbocycles. The first kappa shape index (κ1) is 16.8. The topological polar surface area (TPSA) is 58.2 Å². The third kappa shape index (κ3) is 3.43. The molecule has 0 aliphatic heterocycles. The average molecular weight is 323 g/mol. The van der Waals surface area contributed by atoms with Crippen LogP contribution in [0.1, 0.15) is 45.1 Å². The Balaban J connectivity index is 2.08. The van der Waals surface area contributed by atoms with Crippen molar-refractivity contribution in [3.63, 3.8) is 0 Å². The number of nitrogens with one attached hydrogen (secondary N) is 2. The van der Waals surface area contributed by atoms with E-state index in [1.807, 2.05) is 25.1 Å². The zero-order chi connectivity index (χ0) is 16.2. The Hall–Kier alpha value is -1.55. The molecule has 22 heavy (non-hydrogen) atoms. The van der Waals surface area contributed by atoms with E-state index in [0.29, 0.717) is 11.6 Å². The van der Waals surface area contributed by atoms with Crippen LogP contribution in [0.25, 0.3) is 0 Å². The molecule has 1 aromatic rings. The summed E-state index contributed by atoms with van der Waals surface area (Å²) in [5.41, 5.74) is 0.398. The fourth-order valence-corrected chi connectivity index (χ4v) is 2.96. The van der Waals surface area contributed by atoms with Crippen molar-refractivity contribution >= 4 is 23.4 Å². The molecule has 1 saturated carbocycles. The van der Waals surface area contributed by atoms with Gasteiger partial charge in [0.15, 0.2) is 0 Å². The lowest BCUT2D eigenvalue weighted by atomic mass is 9.63. The van der Waals surface area contributed by atoms with Gasteiger partial charge in [0.2, 0.25) is 11.8 Å². The molecule has 1 unspecified atom stereocenters. The fourth-order valence-electron chi connectivity index (χ4n) is 2.76. The van der Waals surface area contributed by atoms with Crippen LogP contribution < -0.4 is 10.6 Å². The SMILES string of the molecule is CCCNC(=O)C(C)NC(=O)C1(c2cccc(Cl)c2)CCC1. The van der Waals surface area contributed by atoms with Gasteiger partial charge in [-0.25, -0.2) is 0 Å². The molecule has 0 radical (unpaired) electrons. The highest BCUT2D eigenvalue weighted by Gasteiger charge is 2.46. The monoisotopic (exact) mass is 322 g/mol. The fraction of sp³-hybridized carbons (Fsp3) is 0.529. The smallest absolute Gasteiger partial charge is 0.242 e. The van der Waals surface area contributed by atoms with E-state index in [0.717, 1.165) is 31.2 Å². The molecule has 1 fully saturated rings. The molecule has 0 bridgehead atoms. The van der Waals surface area contributed by atoms with Gasteiger partial charge >= 0.3 is 0 Å². The first-order valence-corrected chi connectivity index (χ1v) is 8.22. The quantitative estimate of drug-likeness (QED) is 0.846. The molecule has 1 aliphatic carbocycles. The molecular weight excluding hydrogens is 300 g/mol. The minimum atomic E-state index is -0.538. The van der Waals surface area contributed by atoms with Crippen LogP contribution in [0.3, 0.4) is 0 Å². The number of amides is 2. The van der Waals surface area contributed by atoms with Crippen molar-refractivity contribution in [2.75, 3.05) is 6.54 Å². The Morgan fingerprint density at radius 1 is 1.36 bits per heavy atom. The second-order valence-corrected chi connectivity index (χ2v) is 6.37. The highest BCUT2D eigenvalue weighted by atomic mass is 35.5. The van der Waals surface area contributed by atoms with E-state index < -0.39 is 11.5 Å². The summed E-state index contributed by atoms with van der Waals surface area (Å²) in [5, 5.41) is 6.28. The zero-order valence-electron chi connectivity index (χ0n) is 13.1. The second kappa shape index (κ2) is 7.14. The molecule has 4 nitrogen and oxygen atoms in total. The van der Waals surface area contributed by atoms with Crippen LogP contribution in [-0.4, -0.2) is 24.4 Å². The molecule has 5 heteroatoms. The van der Waals surface area contributed by atoms with Gasteiger partial charge in [-0.3, -0.25) is 9.59 Å². The minimum absolute atomic E-state index is 0.0832. The van der Waals surface area contributed by atoms with E-state index in [-0.39, 0.29) is 11.8 Å². The van der Waals surface area contributed by atoms with E-state index >= 15 is 0 Å². The molecular formula is C17H23ClN2O2. The van der Waals surface area contributed by atoms with E-state index in [9.17, 15) is 9.59 Å². The van der Waals surface area contributed by atoms with Gasteiger partial charge in [-0.05, 0) is 43.9 Å². The van der Waals surface area contributed by atoms with Gasteiger partial charge in [-0.1, -0.05) is 37.1 Å². The maximum Gasteiger partial charge on any atom is 0.242 e. The van der Waals surface area contributed by atoms with Gasteiger partial charge in [-0.2, -0.15) is 0 Å². The molecule has 120 valence electrons. The summed E-state index contributed by atoms with van der Waals surface area (Å²) in [6.45, 7) is 4.33. The summed E-state index contributed by atoms with van der Waals surface area (Å²) in [5.74, 6) is -0.226. The normalized spacial score (nSPS) is 17.2. The molecule has 0 saturated heterocycles. The number of halogens is 1. The van der Waals surface area contributed by atoms with Crippen molar-refractivity contribution in [2.45, 2.75) is 51.0 Å². The number of carbonyl (C=O) groups excluding carboxylic acids is 2. The number of rotatable bonds is 6. The summed E-state index contributed by atoms with van der Waals surface area (Å²) >= 11 is 6.05. The first-order valence-electron chi connectivity index (χ1n) is 7.84. The molecule has 2 N–H and O–H groups in total. The van der Waals surface area contributed by atoms with Crippen LogP contribution in [0.15, 0.2) is 24.3 Å². The zero-order valence-corrected chi connectivity index (χ0v) is 13.9. The Bertz CT molecular complexity index is 555. The van der Waals surface area contributed by atoms with Gasteiger partial charge in [0, 0.05) is 11.6 Å². The van der Waals surface area contributed by atoms with Crippen LogP contribution in [-0.2, 0) is 15.0 Å². The summed E-state index contributed by atoms with van der Waals surface area (Å²) in [6, 6.07) is 6.92. The lowest BCUT2D eigenvalue weighted by molar-refractivity contribution is -0.134. The van der Waals surface area contributed by atoms with Crippen LogP contribution in [0.4, 0.5) is 0 Å². The summed E-state index contributed by atoms with van der Waals surface area (Å²) in [6.07, 6.45) is 3.47. The molecule has 0 heterocycles. The van der Waals surface area contributed by atoms with Crippen LogP contribution in [0, 0.1) is 0 Å². The Labute approximate surface area is 136 Å². The molecule has 2 rings (SSSR count). The van der Waals surface area contributed by atoms with Crippen molar-refractivity contribution < 1.29 is 9.59 Å². The van der Waals surface area contributed by atoms with Crippen molar-refractivity contribution in [2.24, 2.45) is 0 Å². The van der Waals surface area contributed by atoms with Crippen LogP contribution in [0.5, 0.6) is 0 Å². The predicted molar refractivity (Wildman–Crippen MR) is 87.9 cm³/mol. The summed E-state index contributed by atoms with van der Waals surface area (Å²) in [4.78, 5) is 24.6. The first-order chi connectivity index (χ1) is 10.5. The summed E-state index contributed by atoms with van der Waals surface area (Å²) < 4.78 is 0. The van der Waals surface area contributed by atoms with Crippen LogP contribution >= 0.6 is 11.6 Å². The highest BCUT2D eigenvalue weighted by Crippen LogP contribution is 2.44. The van der Waals surface area contributed by atoms with Crippen LogP contribution in [0.2, 0.25) is 5.02 Å². The maximum absolute atomic E-state index is 12.7. The van der Waals surface area contributed by atoms with Crippen molar-refractivity contribution in [3.05, 3.63) is 34.9 Å². The lowest BCUT2D eigenvalue weighted by Gasteiger charge is -2.41.